The molecule has 1 heterocycles. The average molecular weight is 236 g/mol. The minimum Gasteiger partial charge on any atom is -0.491 e. The van der Waals surface area contributed by atoms with Crippen LogP contribution in [0.15, 0.2) is 36.6 Å². The van der Waals surface area contributed by atoms with Crippen LogP contribution in [0, 0.1) is 0 Å². The molecule has 3 amide bonds. The van der Waals surface area contributed by atoms with E-state index in [1.807, 2.05) is 13.0 Å². The molecule has 1 fully saturated rings. The van der Waals surface area contributed by atoms with E-state index in [2.05, 4.69) is 17.2 Å². The summed E-state index contributed by atoms with van der Waals surface area (Å²) in [6, 6.07) is -0.499. The van der Waals surface area contributed by atoms with Crippen LogP contribution in [0.25, 0.3) is 0 Å². The number of imide groups is 1. The Morgan fingerprint density at radius 1 is 1.53 bits per heavy atom. The molecule has 1 saturated heterocycles. The summed E-state index contributed by atoms with van der Waals surface area (Å²) in [6.45, 7) is 7.09. The maximum Gasteiger partial charge on any atom is 0.322 e. The predicted octanol–water partition coefficient (Wildman–Crippen LogP) is 1.25. The fourth-order valence-corrected chi connectivity index (χ4v) is 1.34. The summed E-state index contributed by atoms with van der Waals surface area (Å²) in [5.74, 6) is 0.193. The number of carbonyl (C=O) groups is 2. The van der Waals surface area contributed by atoms with Gasteiger partial charge in [-0.25, -0.2) is 4.79 Å². The molecule has 1 rings (SSSR count). The highest BCUT2D eigenvalue weighted by atomic mass is 16.5. The van der Waals surface area contributed by atoms with Crippen molar-refractivity contribution in [3.05, 3.63) is 36.6 Å². The molecule has 1 unspecified atom stereocenters. The molecule has 1 atom stereocenters. The zero-order chi connectivity index (χ0) is 12.9. The second-order valence-electron chi connectivity index (χ2n) is 3.83. The standard InChI is InChI=1S/C12H16N2O3/c1-4-6-9(7-5-2)17-8-12(3)10(15)13-11(16)14-12/h4-7H,1,8H2,2-3H3,(H2,13,14,15,16)/b7-5-,9-6+. The van der Waals surface area contributed by atoms with Gasteiger partial charge in [0.2, 0.25) is 0 Å². The van der Waals surface area contributed by atoms with Crippen molar-refractivity contribution in [2.75, 3.05) is 6.61 Å². The number of amides is 3. The Labute approximate surface area is 100 Å². The summed E-state index contributed by atoms with van der Waals surface area (Å²) < 4.78 is 5.46. The van der Waals surface area contributed by atoms with Crippen molar-refractivity contribution in [2.45, 2.75) is 19.4 Å². The summed E-state index contributed by atoms with van der Waals surface area (Å²) in [5, 5.41) is 4.69. The predicted molar refractivity (Wildman–Crippen MR) is 64.1 cm³/mol. The van der Waals surface area contributed by atoms with Gasteiger partial charge in [-0.1, -0.05) is 18.7 Å². The lowest BCUT2D eigenvalue weighted by Crippen LogP contribution is -2.47. The first-order chi connectivity index (χ1) is 8.01. The van der Waals surface area contributed by atoms with E-state index in [9.17, 15) is 9.59 Å². The Bertz CT molecular complexity index is 399. The third-order valence-corrected chi connectivity index (χ3v) is 2.26. The molecule has 92 valence electrons. The summed E-state index contributed by atoms with van der Waals surface area (Å²) in [4.78, 5) is 22.5. The summed E-state index contributed by atoms with van der Waals surface area (Å²) in [5.41, 5.74) is -1.03. The van der Waals surface area contributed by atoms with Gasteiger partial charge in [0.25, 0.3) is 5.91 Å². The van der Waals surface area contributed by atoms with Crippen molar-refractivity contribution in [1.29, 1.82) is 0 Å². The maximum absolute atomic E-state index is 11.5. The van der Waals surface area contributed by atoms with E-state index < -0.39 is 11.6 Å². The monoisotopic (exact) mass is 236 g/mol. The molecular weight excluding hydrogens is 220 g/mol. The molecule has 0 spiro atoms. The topological polar surface area (TPSA) is 67.4 Å². The Kier molecular flexibility index (Phi) is 4.09. The number of hydrogen-bond donors (Lipinski definition) is 2. The Balaban J connectivity index is 2.66. The summed E-state index contributed by atoms with van der Waals surface area (Å²) in [6.07, 6.45) is 6.83. The zero-order valence-corrected chi connectivity index (χ0v) is 9.95. The van der Waals surface area contributed by atoms with E-state index in [4.69, 9.17) is 4.74 Å². The van der Waals surface area contributed by atoms with E-state index in [1.54, 1.807) is 25.2 Å². The van der Waals surface area contributed by atoms with Crippen molar-refractivity contribution in [3.63, 3.8) is 0 Å². The number of carbonyl (C=O) groups excluding carboxylic acids is 2. The number of hydrogen-bond acceptors (Lipinski definition) is 3. The molecule has 1 aliphatic rings. The van der Waals surface area contributed by atoms with Gasteiger partial charge in [-0.3, -0.25) is 10.1 Å². The van der Waals surface area contributed by atoms with E-state index >= 15 is 0 Å². The van der Waals surface area contributed by atoms with Gasteiger partial charge < -0.3 is 10.1 Å². The van der Waals surface area contributed by atoms with E-state index in [1.165, 1.54) is 0 Å². The van der Waals surface area contributed by atoms with Gasteiger partial charge in [0.05, 0.1) is 0 Å². The van der Waals surface area contributed by atoms with Crippen LogP contribution < -0.4 is 10.6 Å². The lowest BCUT2D eigenvalue weighted by atomic mass is 10.1. The Morgan fingerprint density at radius 3 is 2.71 bits per heavy atom. The number of rotatable bonds is 5. The van der Waals surface area contributed by atoms with E-state index in [-0.39, 0.29) is 12.5 Å². The molecule has 0 aromatic carbocycles. The van der Waals surface area contributed by atoms with Crippen LogP contribution in [0.1, 0.15) is 13.8 Å². The first kappa shape index (κ1) is 13.0. The lowest BCUT2D eigenvalue weighted by molar-refractivity contribution is -0.124. The quantitative estimate of drug-likeness (QED) is 0.429. The second-order valence-corrected chi connectivity index (χ2v) is 3.83. The Morgan fingerprint density at radius 2 is 2.24 bits per heavy atom. The van der Waals surface area contributed by atoms with Crippen LogP contribution in [-0.2, 0) is 9.53 Å². The van der Waals surface area contributed by atoms with Crippen LogP contribution in [-0.4, -0.2) is 24.1 Å². The third kappa shape index (κ3) is 3.21. The van der Waals surface area contributed by atoms with Gasteiger partial charge in [0.15, 0.2) is 5.54 Å². The highest BCUT2D eigenvalue weighted by Gasteiger charge is 2.42. The smallest absolute Gasteiger partial charge is 0.322 e. The molecule has 0 bridgehead atoms. The zero-order valence-electron chi connectivity index (χ0n) is 9.95. The van der Waals surface area contributed by atoms with Crippen LogP contribution in [0.2, 0.25) is 0 Å². The van der Waals surface area contributed by atoms with Crippen LogP contribution >= 0.6 is 0 Å². The molecule has 1 aliphatic heterocycles. The second kappa shape index (κ2) is 5.34. The SMILES string of the molecule is C=C/C=C(\C=C/C)OCC1(C)NC(=O)NC1=O. The molecule has 5 heteroatoms. The van der Waals surface area contributed by atoms with Crippen molar-refractivity contribution < 1.29 is 14.3 Å². The minimum atomic E-state index is -1.03. The summed E-state index contributed by atoms with van der Waals surface area (Å²) >= 11 is 0. The Hall–Kier alpha value is -2.04. The molecule has 0 saturated carbocycles. The first-order valence-corrected chi connectivity index (χ1v) is 5.23. The molecule has 17 heavy (non-hydrogen) atoms. The van der Waals surface area contributed by atoms with Gasteiger partial charge in [0.1, 0.15) is 12.4 Å². The highest BCUT2D eigenvalue weighted by Crippen LogP contribution is 2.13. The molecule has 2 N–H and O–H groups in total. The average Bonchev–Trinajstić information content (AvgIpc) is 2.51. The molecule has 0 radical (unpaired) electrons. The normalized spacial score (nSPS) is 24.7. The minimum absolute atomic E-state index is 0.0641. The number of nitrogens with one attached hydrogen (secondary N) is 2. The van der Waals surface area contributed by atoms with Crippen LogP contribution in [0.3, 0.4) is 0 Å². The van der Waals surface area contributed by atoms with E-state index in [0.717, 1.165) is 0 Å². The fraction of sp³-hybridized carbons (Fsp3) is 0.333. The van der Waals surface area contributed by atoms with Gasteiger partial charge in [-0.15, -0.1) is 0 Å². The largest absolute Gasteiger partial charge is 0.491 e. The number of urea groups is 1. The molecular formula is C12H16N2O3. The number of allylic oxidation sites excluding steroid dienone is 4. The fourth-order valence-electron chi connectivity index (χ4n) is 1.34. The third-order valence-electron chi connectivity index (χ3n) is 2.26. The van der Waals surface area contributed by atoms with Crippen LogP contribution in [0.5, 0.6) is 0 Å². The van der Waals surface area contributed by atoms with Crippen molar-refractivity contribution in [2.24, 2.45) is 0 Å². The molecule has 0 aromatic heterocycles. The van der Waals surface area contributed by atoms with Crippen molar-refractivity contribution in [3.8, 4) is 0 Å². The first-order valence-electron chi connectivity index (χ1n) is 5.23. The van der Waals surface area contributed by atoms with E-state index in [0.29, 0.717) is 5.76 Å². The molecule has 5 nitrogen and oxygen atoms in total. The molecule has 0 aromatic rings. The molecule has 0 aliphatic carbocycles. The van der Waals surface area contributed by atoms with Crippen molar-refractivity contribution >= 4 is 11.9 Å². The number of ether oxygens (including phenoxy) is 1. The van der Waals surface area contributed by atoms with Gasteiger partial charge in [-0.2, -0.15) is 0 Å². The van der Waals surface area contributed by atoms with Gasteiger partial charge >= 0.3 is 6.03 Å². The van der Waals surface area contributed by atoms with Crippen molar-refractivity contribution in [1.82, 2.24) is 10.6 Å². The highest BCUT2D eigenvalue weighted by molar-refractivity contribution is 6.06. The van der Waals surface area contributed by atoms with Gasteiger partial charge in [-0.05, 0) is 26.0 Å². The summed E-state index contributed by atoms with van der Waals surface area (Å²) in [7, 11) is 0. The van der Waals surface area contributed by atoms with Crippen LogP contribution in [0.4, 0.5) is 4.79 Å². The maximum atomic E-state index is 11.5. The van der Waals surface area contributed by atoms with Gasteiger partial charge in [0, 0.05) is 0 Å². The lowest BCUT2D eigenvalue weighted by Gasteiger charge is -2.21.